The summed E-state index contributed by atoms with van der Waals surface area (Å²) in [5.74, 6) is -0.829. The van der Waals surface area contributed by atoms with Crippen LogP contribution in [0.15, 0.2) is 24.3 Å². The summed E-state index contributed by atoms with van der Waals surface area (Å²) in [5, 5.41) is 0. The van der Waals surface area contributed by atoms with E-state index in [0.717, 1.165) is 0 Å². The van der Waals surface area contributed by atoms with Crippen molar-refractivity contribution < 1.29 is 80.5 Å². The van der Waals surface area contributed by atoms with Gasteiger partial charge >= 0.3 is 79.8 Å². The van der Waals surface area contributed by atoms with Crippen LogP contribution >= 0.6 is 0 Å². The number of carbonyl (C=O) groups excluding carboxylic acids is 2. The summed E-state index contributed by atoms with van der Waals surface area (Å²) in [6, 6.07) is 6.40. The SMILES string of the molecule is [C-]#[O+].[C-]#[O+].[C-]#[O+].[C-]#[O+].[C-]#[O+].[C-]#[O+].[CH2][CH]COC(=O)c1ccccc1OC(C)=O.[Co].[Co]. The first-order valence-corrected chi connectivity index (χ1v) is 5.93. The van der Waals surface area contributed by atoms with Gasteiger partial charge in [-0.05, 0) is 25.5 Å². The van der Waals surface area contributed by atoms with Gasteiger partial charge in [0.05, 0.1) is 6.61 Å². The van der Waals surface area contributed by atoms with Gasteiger partial charge in [0.25, 0.3) is 0 Å². The number of hydrogen-bond acceptors (Lipinski definition) is 4. The van der Waals surface area contributed by atoms with Crippen LogP contribution in [0.1, 0.15) is 17.3 Å². The Bertz CT molecular complexity index is 585. The Labute approximate surface area is 194 Å². The quantitative estimate of drug-likeness (QED) is 0.261. The smallest absolute Gasteiger partial charge is 0.341 e. The maximum Gasteiger partial charge on any atom is 0.341 e. The molecule has 1 aromatic rings. The number of benzene rings is 1. The molecule has 0 amide bonds. The molecule has 30 heavy (non-hydrogen) atoms. The first-order valence-electron chi connectivity index (χ1n) is 5.93. The van der Waals surface area contributed by atoms with Gasteiger partial charge in [0.1, 0.15) is 11.3 Å². The molecule has 1 aromatic carbocycles. The van der Waals surface area contributed by atoms with E-state index in [1.807, 2.05) is 0 Å². The Hall–Kier alpha value is -2.39. The second-order valence-corrected chi connectivity index (χ2v) is 2.98. The number of rotatable bonds is 4. The molecule has 12 heteroatoms. The van der Waals surface area contributed by atoms with E-state index in [-0.39, 0.29) is 51.5 Å². The van der Waals surface area contributed by atoms with E-state index in [2.05, 4.69) is 46.8 Å². The van der Waals surface area contributed by atoms with Crippen LogP contribution in [-0.4, -0.2) is 18.5 Å². The average Bonchev–Trinajstić information content (AvgIpc) is 2.80. The molecule has 0 heterocycles. The molecule has 0 aliphatic carbocycles. The van der Waals surface area contributed by atoms with Gasteiger partial charge in [0.15, 0.2) is 0 Å². The number of esters is 2. The van der Waals surface area contributed by atoms with Gasteiger partial charge in [-0.25, -0.2) is 4.79 Å². The predicted molar refractivity (Wildman–Crippen MR) is 81.3 cm³/mol. The van der Waals surface area contributed by atoms with Gasteiger partial charge in [-0.15, -0.1) is 0 Å². The molecule has 4 radical (unpaired) electrons. The third-order valence-electron chi connectivity index (χ3n) is 1.69. The van der Waals surface area contributed by atoms with Crippen molar-refractivity contribution in [3.05, 3.63) is 83.1 Å². The summed E-state index contributed by atoms with van der Waals surface area (Å²) in [4.78, 5) is 22.4. The van der Waals surface area contributed by atoms with Gasteiger partial charge in [-0.1, -0.05) is 12.1 Å². The summed E-state index contributed by atoms with van der Waals surface area (Å²) in [6.07, 6.45) is 1.46. The minimum Gasteiger partial charge on any atom is -0.462 e. The zero-order valence-corrected chi connectivity index (χ0v) is 17.1. The third-order valence-corrected chi connectivity index (χ3v) is 1.69. The van der Waals surface area contributed by atoms with E-state index in [1.165, 1.54) is 25.5 Å². The van der Waals surface area contributed by atoms with E-state index < -0.39 is 11.9 Å². The fourth-order valence-corrected chi connectivity index (χ4v) is 1.09. The maximum atomic E-state index is 11.5. The summed E-state index contributed by atoms with van der Waals surface area (Å²) >= 11 is 0. The van der Waals surface area contributed by atoms with Crippen molar-refractivity contribution in [1.29, 1.82) is 0 Å². The van der Waals surface area contributed by atoms with Crippen LogP contribution in [0.4, 0.5) is 0 Å². The normalized spacial score (nSPS) is 5.53. The second-order valence-electron chi connectivity index (χ2n) is 2.98. The molecule has 0 saturated heterocycles. The molecule has 162 valence electrons. The van der Waals surface area contributed by atoms with Crippen LogP contribution < -0.4 is 4.74 Å². The molecule has 0 atom stereocenters. The van der Waals surface area contributed by atoms with Crippen LogP contribution in [0.5, 0.6) is 5.75 Å². The second kappa shape index (κ2) is 56.3. The monoisotopic (exact) mass is 506 g/mol. The van der Waals surface area contributed by atoms with Gasteiger partial charge in [-0.3, -0.25) is 4.79 Å². The van der Waals surface area contributed by atoms with E-state index in [0.29, 0.717) is 0 Å². The molecule has 0 bridgehead atoms. The van der Waals surface area contributed by atoms with Crippen LogP contribution in [0.25, 0.3) is 0 Å². The van der Waals surface area contributed by atoms with Gasteiger partial charge < -0.3 is 9.47 Å². The van der Waals surface area contributed by atoms with Crippen molar-refractivity contribution in [2.45, 2.75) is 6.92 Å². The van der Waals surface area contributed by atoms with E-state index in [4.69, 9.17) is 37.4 Å². The topological polar surface area (TPSA) is 172 Å². The first-order chi connectivity index (χ1) is 13.6. The Balaban J connectivity index is -0.0000000498. The fourth-order valence-electron chi connectivity index (χ4n) is 1.09. The largest absolute Gasteiger partial charge is 0.462 e. The molecule has 1 rings (SSSR count). The molecule has 0 spiro atoms. The molecule has 10 nitrogen and oxygen atoms in total. The molecule has 0 saturated carbocycles. The van der Waals surface area contributed by atoms with E-state index >= 15 is 0 Å². The third kappa shape index (κ3) is 36.5. The first kappa shape index (κ1) is 50.8. The van der Waals surface area contributed by atoms with E-state index in [9.17, 15) is 9.59 Å². The summed E-state index contributed by atoms with van der Waals surface area (Å²) in [6.45, 7) is 31.8. The molecule has 0 unspecified atom stereocenters. The van der Waals surface area contributed by atoms with Gasteiger partial charge in [0.2, 0.25) is 0 Å². The number of ether oxygens (including phenoxy) is 2. The maximum absolute atomic E-state index is 11.5. The summed E-state index contributed by atoms with van der Waals surface area (Å²) in [7, 11) is 0. The van der Waals surface area contributed by atoms with Crippen LogP contribution in [-0.2, 0) is 71.0 Å². The number of hydrogen-bond donors (Lipinski definition) is 0. The minimum absolute atomic E-state index is 0. The van der Waals surface area contributed by atoms with Gasteiger partial charge in [0, 0.05) is 40.5 Å². The van der Waals surface area contributed by atoms with Crippen LogP contribution in [0.3, 0.4) is 0 Å². The standard InChI is InChI=1S/C12H12O4.6CO.2Co/c1-3-8-15-12(14)10-6-4-5-7-11(10)16-9(2)13;6*1-2;;/h3-7H,1,8H2,2H3;;;;;;;;. The fraction of sp³-hybridized carbons (Fsp3) is 0.111. The Kier molecular flexibility index (Phi) is 95.4. The van der Waals surface area contributed by atoms with Crippen LogP contribution in [0, 0.1) is 53.2 Å². The number of para-hydroxylation sites is 1. The molecule has 0 fully saturated rings. The zero-order chi connectivity index (χ0) is 24.0. The van der Waals surface area contributed by atoms with Gasteiger partial charge in [-0.2, -0.15) is 0 Å². The average molecular weight is 506 g/mol. The van der Waals surface area contributed by atoms with Crippen molar-refractivity contribution in [3.63, 3.8) is 0 Å². The molecule has 0 aromatic heterocycles. The number of carbonyl (C=O) groups is 2. The van der Waals surface area contributed by atoms with Crippen molar-refractivity contribution in [2.24, 2.45) is 0 Å². The van der Waals surface area contributed by atoms with Crippen LogP contribution in [0.2, 0.25) is 0 Å². The van der Waals surface area contributed by atoms with Crippen molar-refractivity contribution in [2.75, 3.05) is 6.61 Å². The molecule has 0 aliphatic rings. The summed E-state index contributed by atoms with van der Waals surface area (Å²) in [5.41, 5.74) is 0.222. The van der Waals surface area contributed by atoms with Crippen molar-refractivity contribution in [3.8, 4) is 5.75 Å². The Morgan fingerprint density at radius 1 is 0.867 bits per heavy atom. The zero-order valence-electron chi connectivity index (χ0n) is 15.1. The summed E-state index contributed by atoms with van der Waals surface area (Å²) < 4.78 is 54.7. The molecular weight excluding hydrogens is 494 g/mol. The Morgan fingerprint density at radius 3 is 1.57 bits per heavy atom. The molecule has 0 aliphatic heterocycles. The van der Waals surface area contributed by atoms with Crippen molar-refractivity contribution >= 4 is 11.9 Å². The molecular formula is C18H12Co2O10. The van der Waals surface area contributed by atoms with E-state index in [1.54, 1.807) is 12.1 Å². The minimum atomic E-state index is -0.545. The predicted octanol–water partition coefficient (Wildman–Crippen LogP) is 1.58. The Morgan fingerprint density at radius 2 is 1.23 bits per heavy atom. The van der Waals surface area contributed by atoms with Crippen molar-refractivity contribution in [1.82, 2.24) is 0 Å². The molecule has 0 N–H and O–H groups in total.